The van der Waals surface area contributed by atoms with Crippen molar-refractivity contribution >= 4 is 23.4 Å². The molecule has 2 aromatic rings. The van der Waals surface area contributed by atoms with Crippen molar-refractivity contribution in [1.29, 1.82) is 0 Å². The zero-order valence-corrected chi connectivity index (χ0v) is 19.5. The Kier molecular flexibility index (Phi) is 6.63. The number of amides is 3. The first-order valence-corrected chi connectivity index (χ1v) is 12.4. The van der Waals surface area contributed by atoms with Gasteiger partial charge in [-0.25, -0.2) is 0 Å². The number of imide groups is 1. The van der Waals surface area contributed by atoms with E-state index in [0.29, 0.717) is 23.2 Å². The van der Waals surface area contributed by atoms with Gasteiger partial charge in [0.15, 0.2) is 0 Å². The maximum Gasteiger partial charge on any atom is 0.261 e. The molecule has 34 heavy (non-hydrogen) atoms. The van der Waals surface area contributed by atoms with Crippen LogP contribution in [0.5, 0.6) is 0 Å². The van der Waals surface area contributed by atoms with Crippen LogP contribution in [0.25, 0.3) is 0 Å². The summed E-state index contributed by atoms with van der Waals surface area (Å²) in [4.78, 5) is 44.8. The Morgan fingerprint density at radius 1 is 0.853 bits per heavy atom. The van der Waals surface area contributed by atoms with Gasteiger partial charge in [0, 0.05) is 56.6 Å². The molecule has 178 valence electrons. The van der Waals surface area contributed by atoms with Crippen LogP contribution in [0, 0.1) is 0 Å². The first-order chi connectivity index (χ1) is 16.6. The predicted molar refractivity (Wildman–Crippen MR) is 131 cm³/mol. The number of para-hydroxylation sites is 1. The van der Waals surface area contributed by atoms with Crippen LogP contribution in [-0.4, -0.2) is 72.8 Å². The van der Waals surface area contributed by atoms with Crippen molar-refractivity contribution < 1.29 is 14.4 Å². The van der Waals surface area contributed by atoms with Crippen LogP contribution in [-0.2, 0) is 0 Å². The molecule has 7 heteroatoms. The number of anilines is 1. The van der Waals surface area contributed by atoms with E-state index in [4.69, 9.17) is 0 Å². The van der Waals surface area contributed by atoms with E-state index in [-0.39, 0.29) is 23.8 Å². The second kappa shape index (κ2) is 9.97. The number of piperazine rings is 1. The molecule has 3 aliphatic rings. The van der Waals surface area contributed by atoms with Gasteiger partial charge in [-0.2, -0.15) is 0 Å². The summed E-state index contributed by atoms with van der Waals surface area (Å²) in [7, 11) is 0. The van der Waals surface area contributed by atoms with Crippen LogP contribution < -0.4 is 10.2 Å². The molecule has 5 rings (SSSR count). The van der Waals surface area contributed by atoms with Gasteiger partial charge >= 0.3 is 0 Å². The predicted octanol–water partition coefficient (Wildman–Crippen LogP) is 3.17. The number of hydrogen-bond donors (Lipinski definition) is 1. The quantitative estimate of drug-likeness (QED) is 0.671. The Hall–Kier alpha value is -3.19. The Balaban J connectivity index is 1.13. The molecule has 1 aliphatic carbocycles. The first kappa shape index (κ1) is 22.6. The molecule has 0 atom stereocenters. The first-order valence-electron chi connectivity index (χ1n) is 12.4. The summed E-state index contributed by atoms with van der Waals surface area (Å²) in [6.07, 6.45) is 5.00. The second-order valence-corrected chi connectivity index (χ2v) is 9.45. The number of benzene rings is 2. The Labute approximate surface area is 200 Å². The lowest BCUT2D eigenvalue weighted by Gasteiger charge is -2.36. The number of carbonyl (C=O) groups is 3. The largest absolute Gasteiger partial charge is 0.369 e. The Morgan fingerprint density at radius 2 is 1.56 bits per heavy atom. The fourth-order valence-corrected chi connectivity index (χ4v) is 5.37. The highest BCUT2D eigenvalue weighted by atomic mass is 16.2. The summed E-state index contributed by atoms with van der Waals surface area (Å²) in [5.41, 5.74) is 2.46. The summed E-state index contributed by atoms with van der Waals surface area (Å²) in [5.74, 6) is -0.673. The summed E-state index contributed by atoms with van der Waals surface area (Å²) in [6.45, 7) is 5.18. The van der Waals surface area contributed by atoms with Crippen LogP contribution >= 0.6 is 0 Å². The third kappa shape index (κ3) is 4.57. The van der Waals surface area contributed by atoms with E-state index < -0.39 is 0 Å². The van der Waals surface area contributed by atoms with E-state index in [9.17, 15) is 14.4 Å². The number of hydrogen-bond acceptors (Lipinski definition) is 5. The molecule has 2 heterocycles. The van der Waals surface area contributed by atoms with Crippen molar-refractivity contribution in [2.45, 2.75) is 38.1 Å². The van der Waals surface area contributed by atoms with Crippen LogP contribution in [0.4, 0.5) is 5.69 Å². The number of nitrogens with one attached hydrogen (secondary N) is 1. The van der Waals surface area contributed by atoms with Crippen molar-refractivity contribution in [2.75, 3.05) is 44.2 Å². The zero-order valence-electron chi connectivity index (χ0n) is 19.5. The van der Waals surface area contributed by atoms with E-state index >= 15 is 0 Å². The monoisotopic (exact) mass is 460 g/mol. The fourth-order valence-electron chi connectivity index (χ4n) is 5.37. The van der Waals surface area contributed by atoms with E-state index in [2.05, 4.69) is 39.4 Å². The molecule has 0 radical (unpaired) electrons. The molecule has 0 spiro atoms. The minimum absolute atomic E-state index is 0.0132. The van der Waals surface area contributed by atoms with Crippen molar-refractivity contribution in [3.8, 4) is 0 Å². The summed E-state index contributed by atoms with van der Waals surface area (Å²) >= 11 is 0. The minimum Gasteiger partial charge on any atom is -0.369 e. The second-order valence-electron chi connectivity index (χ2n) is 9.45. The lowest BCUT2D eigenvalue weighted by Crippen LogP contribution is -2.48. The van der Waals surface area contributed by atoms with Gasteiger partial charge in [0.1, 0.15) is 0 Å². The van der Waals surface area contributed by atoms with E-state index in [1.165, 1.54) is 10.6 Å². The zero-order chi connectivity index (χ0) is 23.5. The molecule has 0 aromatic heterocycles. The SMILES string of the molecule is O=C(NCCN1CCN(c2ccccc2)CC1)c1ccc2c(c1)C(=O)N(C1CCCCC1)C2=O. The van der Waals surface area contributed by atoms with Gasteiger partial charge in [0.25, 0.3) is 17.7 Å². The Morgan fingerprint density at radius 3 is 2.29 bits per heavy atom. The molecule has 1 saturated heterocycles. The standard InChI is InChI=1S/C27H32N4O3/c32-25(28-13-14-29-15-17-30(18-16-29)21-7-3-1-4-8-21)20-11-12-23-24(19-20)27(34)31(26(23)33)22-9-5-2-6-10-22/h1,3-4,7-8,11-12,19,22H,2,5-6,9-10,13-18H2,(H,28,32). The van der Waals surface area contributed by atoms with E-state index in [0.717, 1.165) is 64.8 Å². The normalized spacial score (nSPS) is 19.4. The lowest BCUT2D eigenvalue weighted by atomic mass is 9.94. The molecular weight excluding hydrogens is 428 g/mol. The highest BCUT2D eigenvalue weighted by Gasteiger charge is 2.40. The molecule has 1 N–H and O–H groups in total. The van der Waals surface area contributed by atoms with Gasteiger partial charge in [-0.05, 0) is 43.2 Å². The average molecular weight is 461 g/mol. The molecule has 0 bridgehead atoms. The molecule has 2 aromatic carbocycles. The minimum atomic E-state index is -0.252. The number of nitrogens with zero attached hydrogens (tertiary/aromatic N) is 3. The highest BCUT2D eigenvalue weighted by molar-refractivity contribution is 6.22. The maximum atomic E-state index is 13.0. The van der Waals surface area contributed by atoms with Gasteiger partial charge in [-0.1, -0.05) is 37.5 Å². The molecule has 0 unspecified atom stereocenters. The topological polar surface area (TPSA) is 73.0 Å². The van der Waals surface area contributed by atoms with Gasteiger partial charge in [-0.3, -0.25) is 24.2 Å². The molecule has 2 fully saturated rings. The van der Waals surface area contributed by atoms with Gasteiger partial charge in [0.05, 0.1) is 11.1 Å². The molecule has 1 saturated carbocycles. The van der Waals surface area contributed by atoms with Gasteiger partial charge < -0.3 is 10.2 Å². The molecule has 3 amide bonds. The van der Waals surface area contributed by atoms with Crippen LogP contribution in [0.3, 0.4) is 0 Å². The third-order valence-electron chi connectivity index (χ3n) is 7.33. The van der Waals surface area contributed by atoms with Crippen molar-refractivity contribution in [3.63, 3.8) is 0 Å². The molecular formula is C27H32N4O3. The number of fused-ring (bicyclic) bond motifs is 1. The van der Waals surface area contributed by atoms with Gasteiger partial charge in [0.2, 0.25) is 0 Å². The fraction of sp³-hybridized carbons (Fsp3) is 0.444. The number of rotatable bonds is 6. The third-order valence-corrected chi connectivity index (χ3v) is 7.33. The van der Waals surface area contributed by atoms with Crippen molar-refractivity contribution in [2.24, 2.45) is 0 Å². The Bertz CT molecular complexity index is 1060. The summed E-state index contributed by atoms with van der Waals surface area (Å²) in [6, 6.07) is 15.3. The van der Waals surface area contributed by atoms with Crippen LogP contribution in [0.1, 0.15) is 63.2 Å². The van der Waals surface area contributed by atoms with Crippen LogP contribution in [0.2, 0.25) is 0 Å². The molecule has 2 aliphatic heterocycles. The van der Waals surface area contributed by atoms with Gasteiger partial charge in [-0.15, -0.1) is 0 Å². The van der Waals surface area contributed by atoms with Crippen molar-refractivity contribution in [3.05, 3.63) is 65.2 Å². The summed E-state index contributed by atoms with van der Waals surface area (Å²) < 4.78 is 0. The lowest BCUT2D eigenvalue weighted by molar-refractivity contribution is 0.0548. The smallest absolute Gasteiger partial charge is 0.261 e. The average Bonchev–Trinajstić information content (AvgIpc) is 3.14. The highest BCUT2D eigenvalue weighted by Crippen LogP contribution is 2.31. The van der Waals surface area contributed by atoms with Crippen LogP contribution in [0.15, 0.2) is 48.5 Å². The maximum absolute atomic E-state index is 13.0. The van der Waals surface area contributed by atoms with Crippen molar-refractivity contribution in [1.82, 2.24) is 15.1 Å². The van der Waals surface area contributed by atoms with E-state index in [1.807, 2.05) is 6.07 Å². The number of carbonyl (C=O) groups excluding carboxylic acids is 3. The van der Waals surface area contributed by atoms with E-state index in [1.54, 1.807) is 18.2 Å². The molecule has 7 nitrogen and oxygen atoms in total. The summed E-state index contributed by atoms with van der Waals surface area (Å²) in [5, 5.41) is 2.98.